The number of aromatic nitrogens is 1. The van der Waals surface area contributed by atoms with Crippen molar-refractivity contribution in [3.63, 3.8) is 0 Å². The Balaban J connectivity index is 2.56. The maximum Gasteiger partial charge on any atom is 0.0355 e. The molecule has 0 aliphatic carbocycles. The van der Waals surface area contributed by atoms with E-state index in [1.165, 1.54) is 5.56 Å². The first-order valence-electron chi connectivity index (χ1n) is 4.47. The van der Waals surface area contributed by atoms with Crippen molar-refractivity contribution >= 4 is 0 Å². The van der Waals surface area contributed by atoms with Crippen LogP contribution in [0.5, 0.6) is 0 Å². The molecule has 0 atom stereocenters. The molecule has 1 heterocycles. The molecule has 1 heteroatoms. The van der Waals surface area contributed by atoms with E-state index in [1.54, 1.807) is 6.20 Å². The highest BCUT2D eigenvalue weighted by Gasteiger charge is 2.02. The van der Waals surface area contributed by atoms with Crippen molar-refractivity contribution in [1.29, 1.82) is 0 Å². The molecule has 68 valence electrons. The molecule has 0 N–H and O–H groups in total. The second-order valence-electron chi connectivity index (χ2n) is 4.09. The summed E-state index contributed by atoms with van der Waals surface area (Å²) in [6, 6.07) is 3.98. The van der Waals surface area contributed by atoms with Crippen LogP contribution in [0.1, 0.15) is 26.3 Å². The van der Waals surface area contributed by atoms with Crippen LogP contribution in [-0.4, -0.2) is 4.98 Å². The standard InChI is InChI=1S/C12H15N/c1-12(2,3)8-4-6-11-7-5-9-13-10-11/h5,7,9-10H,6H2,1-3H3. The minimum atomic E-state index is 0.0994. The summed E-state index contributed by atoms with van der Waals surface area (Å²) in [7, 11) is 0. The monoisotopic (exact) mass is 173 g/mol. The number of rotatable bonds is 1. The van der Waals surface area contributed by atoms with Crippen LogP contribution in [0.3, 0.4) is 0 Å². The molecule has 0 aliphatic rings. The minimum Gasteiger partial charge on any atom is -0.264 e. The molecule has 1 aromatic heterocycles. The van der Waals surface area contributed by atoms with Crippen LogP contribution in [-0.2, 0) is 6.42 Å². The molecule has 0 aromatic carbocycles. The van der Waals surface area contributed by atoms with Crippen LogP contribution < -0.4 is 0 Å². The molecule has 0 bridgehead atoms. The largest absolute Gasteiger partial charge is 0.264 e. The van der Waals surface area contributed by atoms with Gasteiger partial charge in [0, 0.05) is 24.2 Å². The van der Waals surface area contributed by atoms with Crippen LogP contribution in [0.2, 0.25) is 0 Å². The number of nitrogens with zero attached hydrogens (tertiary/aromatic N) is 1. The van der Waals surface area contributed by atoms with Gasteiger partial charge in [0.25, 0.3) is 0 Å². The van der Waals surface area contributed by atoms with E-state index in [2.05, 4.69) is 37.6 Å². The highest BCUT2D eigenvalue weighted by molar-refractivity contribution is 5.18. The molecule has 0 fully saturated rings. The molecular weight excluding hydrogens is 158 g/mol. The normalized spacial score (nSPS) is 10.4. The fraction of sp³-hybridized carbons (Fsp3) is 0.417. The third-order valence-electron chi connectivity index (χ3n) is 1.48. The van der Waals surface area contributed by atoms with Gasteiger partial charge in [-0.3, -0.25) is 4.98 Å². The topological polar surface area (TPSA) is 12.9 Å². The van der Waals surface area contributed by atoms with Gasteiger partial charge in [0.1, 0.15) is 0 Å². The summed E-state index contributed by atoms with van der Waals surface area (Å²) in [6.45, 7) is 6.34. The van der Waals surface area contributed by atoms with E-state index in [9.17, 15) is 0 Å². The lowest BCUT2D eigenvalue weighted by atomic mass is 9.97. The Labute approximate surface area is 80.2 Å². The van der Waals surface area contributed by atoms with Crippen molar-refractivity contribution < 1.29 is 0 Å². The SMILES string of the molecule is CC(C)(C)C#CCc1cccnc1. The fourth-order valence-corrected chi connectivity index (χ4v) is 0.914. The van der Waals surface area contributed by atoms with Gasteiger partial charge in [-0.15, -0.1) is 0 Å². The molecule has 0 spiro atoms. The predicted octanol–water partition coefficient (Wildman–Crippen LogP) is 2.67. The van der Waals surface area contributed by atoms with Gasteiger partial charge in [0.15, 0.2) is 0 Å². The molecule has 0 saturated carbocycles. The number of hydrogen-bond acceptors (Lipinski definition) is 1. The Morgan fingerprint density at radius 2 is 2.15 bits per heavy atom. The van der Waals surface area contributed by atoms with Gasteiger partial charge in [-0.25, -0.2) is 0 Å². The molecule has 0 aliphatic heterocycles. The minimum absolute atomic E-state index is 0.0994. The van der Waals surface area contributed by atoms with Gasteiger partial charge in [-0.1, -0.05) is 17.9 Å². The zero-order valence-corrected chi connectivity index (χ0v) is 8.46. The first-order valence-corrected chi connectivity index (χ1v) is 4.47. The zero-order valence-electron chi connectivity index (χ0n) is 8.46. The van der Waals surface area contributed by atoms with Crippen LogP contribution in [0.25, 0.3) is 0 Å². The summed E-state index contributed by atoms with van der Waals surface area (Å²) < 4.78 is 0. The van der Waals surface area contributed by atoms with Gasteiger partial charge in [-0.2, -0.15) is 0 Å². The second-order valence-corrected chi connectivity index (χ2v) is 4.09. The second kappa shape index (κ2) is 4.09. The predicted molar refractivity (Wildman–Crippen MR) is 55.2 cm³/mol. The lowest BCUT2D eigenvalue weighted by Gasteiger charge is -2.06. The van der Waals surface area contributed by atoms with Crippen molar-refractivity contribution in [2.45, 2.75) is 27.2 Å². The third-order valence-corrected chi connectivity index (χ3v) is 1.48. The van der Waals surface area contributed by atoms with E-state index < -0.39 is 0 Å². The van der Waals surface area contributed by atoms with E-state index in [-0.39, 0.29) is 5.41 Å². The molecular formula is C12H15N. The summed E-state index contributed by atoms with van der Waals surface area (Å²) in [5.74, 6) is 6.34. The Bertz CT molecular complexity index is 308. The Morgan fingerprint density at radius 1 is 1.38 bits per heavy atom. The Morgan fingerprint density at radius 3 is 2.69 bits per heavy atom. The van der Waals surface area contributed by atoms with Crippen LogP contribution >= 0.6 is 0 Å². The van der Waals surface area contributed by atoms with Crippen molar-refractivity contribution in [3.05, 3.63) is 30.1 Å². The van der Waals surface area contributed by atoms with Crippen molar-refractivity contribution in [1.82, 2.24) is 4.98 Å². The maximum atomic E-state index is 4.03. The summed E-state index contributed by atoms with van der Waals surface area (Å²) >= 11 is 0. The van der Waals surface area contributed by atoms with E-state index in [0.717, 1.165) is 6.42 Å². The summed E-state index contributed by atoms with van der Waals surface area (Å²) in [5, 5.41) is 0. The van der Waals surface area contributed by atoms with Crippen molar-refractivity contribution in [2.75, 3.05) is 0 Å². The van der Waals surface area contributed by atoms with Crippen LogP contribution in [0.15, 0.2) is 24.5 Å². The van der Waals surface area contributed by atoms with Crippen LogP contribution in [0, 0.1) is 17.3 Å². The molecule has 1 nitrogen and oxygen atoms in total. The van der Waals surface area contributed by atoms with Crippen LogP contribution in [0.4, 0.5) is 0 Å². The van der Waals surface area contributed by atoms with E-state index in [4.69, 9.17) is 0 Å². The van der Waals surface area contributed by atoms with Crippen molar-refractivity contribution in [2.24, 2.45) is 5.41 Å². The molecule has 0 unspecified atom stereocenters. The highest BCUT2D eigenvalue weighted by Crippen LogP contribution is 2.10. The fourth-order valence-electron chi connectivity index (χ4n) is 0.914. The molecule has 1 aromatic rings. The van der Waals surface area contributed by atoms with Gasteiger partial charge in [-0.05, 0) is 32.4 Å². The molecule has 13 heavy (non-hydrogen) atoms. The van der Waals surface area contributed by atoms with Gasteiger partial charge in [0.05, 0.1) is 0 Å². The van der Waals surface area contributed by atoms with E-state index in [1.807, 2.05) is 18.3 Å². The lowest BCUT2D eigenvalue weighted by Crippen LogP contribution is -1.99. The maximum absolute atomic E-state index is 4.03. The van der Waals surface area contributed by atoms with Gasteiger partial charge < -0.3 is 0 Å². The zero-order chi connectivity index (χ0) is 9.73. The first kappa shape index (κ1) is 9.80. The van der Waals surface area contributed by atoms with E-state index in [0.29, 0.717) is 0 Å². The number of hydrogen-bond donors (Lipinski definition) is 0. The number of pyridine rings is 1. The molecule has 1 rings (SSSR count). The summed E-state index contributed by atoms with van der Waals surface area (Å²) in [5.41, 5.74) is 1.28. The summed E-state index contributed by atoms with van der Waals surface area (Å²) in [4.78, 5) is 4.03. The Kier molecular flexibility index (Phi) is 3.08. The lowest BCUT2D eigenvalue weighted by molar-refractivity contribution is 0.570. The summed E-state index contributed by atoms with van der Waals surface area (Å²) in [6.07, 6.45) is 4.43. The average molecular weight is 173 g/mol. The molecule has 0 saturated heterocycles. The quantitative estimate of drug-likeness (QED) is 0.595. The van der Waals surface area contributed by atoms with Gasteiger partial charge in [0.2, 0.25) is 0 Å². The smallest absolute Gasteiger partial charge is 0.0355 e. The highest BCUT2D eigenvalue weighted by atomic mass is 14.6. The third kappa shape index (κ3) is 4.32. The molecule has 0 radical (unpaired) electrons. The van der Waals surface area contributed by atoms with Crippen molar-refractivity contribution in [3.8, 4) is 11.8 Å². The molecule has 0 amide bonds. The van der Waals surface area contributed by atoms with E-state index >= 15 is 0 Å². The average Bonchev–Trinajstić information content (AvgIpc) is 2.04. The Hall–Kier alpha value is -1.29. The first-order chi connectivity index (χ1) is 6.08. The van der Waals surface area contributed by atoms with Gasteiger partial charge >= 0.3 is 0 Å².